The summed E-state index contributed by atoms with van der Waals surface area (Å²) in [6, 6.07) is 15.2. The average Bonchev–Trinajstić information content (AvgIpc) is 2.54. The van der Waals surface area contributed by atoms with E-state index in [4.69, 9.17) is 28.6 Å². The first kappa shape index (κ1) is 16.3. The van der Waals surface area contributed by atoms with E-state index in [1.165, 1.54) is 0 Å². The summed E-state index contributed by atoms with van der Waals surface area (Å²) in [4.78, 5) is 0. The molecule has 0 bridgehead atoms. The van der Waals surface area contributed by atoms with Crippen molar-refractivity contribution in [3.8, 4) is 5.75 Å². The Morgan fingerprint density at radius 2 is 2.05 bits per heavy atom. The lowest BCUT2D eigenvalue weighted by Gasteiger charge is -2.07. The summed E-state index contributed by atoms with van der Waals surface area (Å²) in [5.41, 5.74) is 4.67. The first-order valence-electron chi connectivity index (χ1n) is 6.65. The Labute approximate surface area is 140 Å². The van der Waals surface area contributed by atoms with Crippen LogP contribution in [0.25, 0.3) is 0 Å². The fourth-order valence-electron chi connectivity index (χ4n) is 1.66. The lowest BCUT2D eigenvalue weighted by Crippen LogP contribution is -2.28. The van der Waals surface area contributed by atoms with Crippen molar-refractivity contribution in [3.63, 3.8) is 0 Å². The number of hydrazone groups is 1. The second-order valence-electron chi connectivity index (χ2n) is 4.44. The van der Waals surface area contributed by atoms with E-state index >= 15 is 0 Å². The Kier molecular flexibility index (Phi) is 6.18. The lowest BCUT2D eigenvalue weighted by atomic mass is 10.2. The van der Waals surface area contributed by atoms with Crippen molar-refractivity contribution in [2.75, 3.05) is 7.05 Å². The summed E-state index contributed by atoms with van der Waals surface area (Å²) in [5.74, 6) is 0.788. The van der Waals surface area contributed by atoms with Crippen LogP contribution in [-0.2, 0) is 6.61 Å². The van der Waals surface area contributed by atoms with E-state index in [1.807, 2.05) is 48.5 Å². The number of nitrogens with one attached hydrogen (secondary N) is 2. The normalized spacial score (nSPS) is 10.5. The quantitative estimate of drug-likeness (QED) is 0.500. The minimum atomic E-state index is 0.470. The minimum absolute atomic E-state index is 0.470. The molecule has 0 aromatic heterocycles. The molecule has 2 rings (SSSR count). The molecular formula is C16H16ClN3OS. The number of rotatable bonds is 5. The highest BCUT2D eigenvalue weighted by molar-refractivity contribution is 7.80. The van der Waals surface area contributed by atoms with Crippen molar-refractivity contribution in [1.29, 1.82) is 0 Å². The third-order valence-electron chi connectivity index (χ3n) is 2.78. The van der Waals surface area contributed by atoms with Gasteiger partial charge in [0.05, 0.1) is 6.21 Å². The van der Waals surface area contributed by atoms with Gasteiger partial charge in [-0.15, -0.1) is 0 Å². The Hall–Kier alpha value is -2.11. The molecule has 6 heteroatoms. The summed E-state index contributed by atoms with van der Waals surface area (Å²) in [6.07, 6.45) is 1.68. The summed E-state index contributed by atoms with van der Waals surface area (Å²) in [6.45, 7) is 0.478. The molecule has 0 unspecified atom stereocenters. The van der Waals surface area contributed by atoms with Crippen LogP contribution in [0.15, 0.2) is 53.6 Å². The van der Waals surface area contributed by atoms with E-state index in [2.05, 4.69) is 15.8 Å². The van der Waals surface area contributed by atoms with Crippen LogP contribution in [0.1, 0.15) is 11.1 Å². The fraction of sp³-hybridized carbons (Fsp3) is 0.125. The Bertz CT molecular complexity index is 659. The third-order valence-corrected chi connectivity index (χ3v) is 3.31. The Morgan fingerprint density at radius 3 is 2.73 bits per heavy atom. The van der Waals surface area contributed by atoms with Crippen LogP contribution in [0.4, 0.5) is 0 Å². The average molecular weight is 334 g/mol. The van der Waals surface area contributed by atoms with Crippen LogP contribution >= 0.6 is 23.8 Å². The molecular weight excluding hydrogens is 318 g/mol. The van der Waals surface area contributed by atoms with Crippen LogP contribution in [0.3, 0.4) is 0 Å². The molecule has 0 aliphatic carbocycles. The molecule has 2 aromatic rings. The van der Waals surface area contributed by atoms with Gasteiger partial charge in [0.25, 0.3) is 0 Å². The molecule has 0 saturated carbocycles. The van der Waals surface area contributed by atoms with Gasteiger partial charge in [-0.25, -0.2) is 0 Å². The molecule has 0 atom stereocenters. The first-order chi connectivity index (χ1) is 10.7. The van der Waals surface area contributed by atoms with Gasteiger partial charge >= 0.3 is 0 Å². The number of ether oxygens (including phenoxy) is 1. The number of thiocarbonyl (C=S) groups is 1. The van der Waals surface area contributed by atoms with Gasteiger partial charge in [-0.05, 0) is 59.7 Å². The Morgan fingerprint density at radius 1 is 1.27 bits per heavy atom. The highest BCUT2D eigenvalue weighted by Gasteiger charge is 1.97. The summed E-state index contributed by atoms with van der Waals surface area (Å²) >= 11 is 10.9. The number of hydrogen-bond acceptors (Lipinski definition) is 3. The molecule has 114 valence electrons. The van der Waals surface area contributed by atoms with Gasteiger partial charge in [-0.3, -0.25) is 5.43 Å². The predicted octanol–water partition coefficient (Wildman–Crippen LogP) is 3.35. The highest BCUT2D eigenvalue weighted by atomic mass is 35.5. The maximum atomic E-state index is 5.94. The topological polar surface area (TPSA) is 45.7 Å². The van der Waals surface area contributed by atoms with Crippen molar-refractivity contribution in [1.82, 2.24) is 10.7 Å². The summed E-state index contributed by atoms with van der Waals surface area (Å²) < 4.78 is 5.71. The molecule has 0 aliphatic rings. The standard InChI is InChI=1S/C16H16ClN3OS/c1-18-16(22)20-19-10-12-5-7-15(8-6-12)21-11-13-3-2-4-14(17)9-13/h2-10H,11H2,1H3,(H2,18,20,22)/b19-10+. The predicted molar refractivity (Wildman–Crippen MR) is 94.6 cm³/mol. The van der Waals surface area contributed by atoms with Crippen molar-refractivity contribution in [2.24, 2.45) is 5.10 Å². The molecule has 4 nitrogen and oxygen atoms in total. The molecule has 0 spiro atoms. The van der Waals surface area contributed by atoms with Crippen molar-refractivity contribution in [3.05, 3.63) is 64.7 Å². The smallest absolute Gasteiger partial charge is 0.186 e. The number of nitrogens with zero attached hydrogens (tertiary/aromatic N) is 1. The number of benzene rings is 2. The van der Waals surface area contributed by atoms with Crippen molar-refractivity contribution in [2.45, 2.75) is 6.61 Å². The van der Waals surface area contributed by atoms with Crippen LogP contribution in [0.2, 0.25) is 5.02 Å². The second kappa shape index (κ2) is 8.36. The van der Waals surface area contributed by atoms with Crippen LogP contribution in [0, 0.1) is 0 Å². The molecule has 2 N–H and O–H groups in total. The third kappa shape index (κ3) is 5.35. The molecule has 0 aliphatic heterocycles. The van der Waals surface area contributed by atoms with Gasteiger partial charge in [0, 0.05) is 12.1 Å². The molecule has 0 radical (unpaired) electrons. The molecule has 2 aromatic carbocycles. The van der Waals surface area contributed by atoms with E-state index in [-0.39, 0.29) is 0 Å². The lowest BCUT2D eigenvalue weighted by molar-refractivity contribution is 0.306. The maximum Gasteiger partial charge on any atom is 0.186 e. The van der Waals surface area contributed by atoms with E-state index < -0.39 is 0 Å². The van der Waals surface area contributed by atoms with Crippen LogP contribution in [0.5, 0.6) is 5.75 Å². The van der Waals surface area contributed by atoms with Gasteiger partial charge < -0.3 is 10.1 Å². The van der Waals surface area contributed by atoms with E-state index in [0.717, 1.165) is 16.9 Å². The minimum Gasteiger partial charge on any atom is -0.489 e. The summed E-state index contributed by atoms with van der Waals surface area (Å²) in [5, 5.41) is 7.96. The molecule has 22 heavy (non-hydrogen) atoms. The zero-order valence-electron chi connectivity index (χ0n) is 12.0. The SMILES string of the molecule is CNC(=S)N/N=C/c1ccc(OCc2cccc(Cl)c2)cc1. The number of hydrogen-bond donors (Lipinski definition) is 2. The fourth-order valence-corrected chi connectivity index (χ4v) is 1.93. The van der Waals surface area contributed by atoms with Gasteiger partial charge in [0.2, 0.25) is 0 Å². The number of halogens is 1. The van der Waals surface area contributed by atoms with Gasteiger partial charge in [0.1, 0.15) is 12.4 Å². The van der Waals surface area contributed by atoms with Gasteiger partial charge in [-0.1, -0.05) is 23.7 Å². The molecule has 0 saturated heterocycles. The van der Waals surface area contributed by atoms with E-state index in [1.54, 1.807) is 13.3 Å². The van der Waals surface area contributed by atoms with Crippen molar-refractivity contribution >= 4 is 35.1 Å². The van der Waals surface area contributed by atoms with Crippen LogP contribution in [-0.4, -0.2) is 18.4 Å². The zero-order chi connectivity index (χ0) is 15.8. The van der Waals surface area contributed by atoms with Crippen molar-refractivity contribution < 1.29 is 4.74 Å². The van der Waals surface area contributed by atoms with E-state index in [9.17, 15) is 0 Å². The van der Waals surface area contributed by atoms with E-state index in [0.29, 0.717) is 16.7 Å². The zero-order valence-corrected chi connectivity index (χ0v) is 13.6. The Balaban J connectivity index is 1.87. The maximum absolute atomic E-state index is 5.94. The largest absolute Gasteiger partial charge is 0.489 e. The molecule has 0 fully saturated rings. The van der Waals surface area contributed by atoms with Crippen LogP contribution < -0.4 is 15.5 Å². The second-order valence-corrected chi connectivity index (χ2v) is 5.28. The van der Waals surface area contributed by atoms with Gasteiger partial charge in [-0.2, -0.15) is 5.10 Å². The van der Waals surface area contributed by atoms with Gasteiger partial charge in [0.15, 0.2) is 5.11 Å². The first-order valence-corrected chi connectivity index (χ1v) is 7.44. The molecule has 0 heterocycles. The molecule has 0 amide bonds. The summed E-state index contributed by atoms with van der Waals surface area (Å²) in [7, 11) is 1.73. The highest BCUT2D eigenvalue weighted by Crippen LogP contribution is 2.15. The monoisotopic (exact) mass is 333 g/mol.